The fourth-order valence-electron chi connectivity index (χ4n) is 2.13. The average Bonchev–Trinajstić information content (AvgIpc) is 2.45. The number of non-ortho nitro benzene ring substituents is 1. The SMILES string of the molecule is CCCc1cc2cc(OC)cc([N+](=O)[O-])c2nc1NN. The lowest BCUT2D eigenvalue weighted by molar-refractivity contribution is -0.383. The average molecular weight is 276 g/mol. The molecular weight excluding hydrogens is 260 g/mol. The molecule has 20 heavy (non-hydrogen) atoms. The maximum atomic E-state index is 11.2. The molecule has 1 heterocycles. The summed E-state index contributed by atoms with van der Waals surface area (Å²) in [6.45, 7) is 2.04. The standard InChI is InChI=1S/C13H16N4O3/c1-3-4-8-5-9-6-10(20-2)7-11(17(18)19)12(9)15-13(8)16-14/h5-7H,3-4,14H2,1-2H3,(H,15,16). The fourth-order valence-corrected chi connectivity index (χ4v) is 2.13. The Hall–Kier alpha value is -2.41. The summed E-state index contributed by atoms with van der Waals surface area (Å²) in [5, 5.41) is 11.8. The molecular formula is C13H16N4O3. The third-order valence-electron chi connectivity index (χ3n) is 3.04. The van der Waals surface area contributed by atoms with Gasteiger partial charge < -0.3 is 10.2 Å². The summed E-state index contributed by atoms with van der Waals surface area (Å²) in [6, 6.07) is 4.94. The molecule has 0 saturated heterocycles. The number of aromatic nitrogens is 1. The molecule has 1 aromatic carbocycles. The molecule has 0 unspecified atom stereocenters. The number of nitrogens with two attached hydrogens (primary N) is 1. The first-order valence-corrected chi connectivity index (χ1v) is 6.23. The maximum absolute atomic E-state index is 11.2. The third-order valence-corrected chi connectivity index (χ3v) is 3.04. The van der Waals surface area contributed by atoms with Crippen LogP contribution in [-0.2, 0) is 6.42 Å². The van der Waals surface area contributed by atoms with Gasteiger partial charge in [0.1, 0.15) is 11.6 Å². The van der Waals surface area contributed by atoms with Gasteiger partial charge in [-0.1, -0.05) is 13.3 Å². The number of benzene rings is 1. The normalized spacial score (nSPS) is 10.6. The molecule has 0 amide bonds. The van der Waals surface area contributed by atoms with Crippen molar-refractivity contribution in [2.24, 2.45) is 5.84 Å². The zero-order valence-corrected chi connectivity index (χ0v) is 11.3. The Morgan fingerprint density at radius 3 is 2.75 bits per heavy atom. The number of methoxy groups -OCH3 is 1. The van der Waals surface area contributed by atoms with E-state index in [0.717, 1.165) is 18.4 Å². The summed E-state index contributed by atoms with van der Waals surface area (Å²) in [7, 11) is 1.47. The molecule has 0 radical (unpaired) electrons. The zero-order chi connectivity index (χ0) is 14.7. The number of hydrogen-bond acceptors (Lipinski definition) is 6. The molecule has 0 fully saturated rings. The van der Waals surface area contributed by atoms with Gasteiger partial charge >= 0.3 is 0 Å². The van der Waals surface area contributed by atoms with E-state index in [2.05, 4.69) is 10.4 Å². The maximum Gasteiger partial charge on any atom is 0.299 e. The number of nitrogen functional groups attached to an aromatic ring is 1. The minimum absolute atomic E-state index is 0.0982. The molecule has 106 valence electrons. The summed E-state index contributed by atoms with van der Waals surface area (Å²) in [4.78, 5) is 15.0. The molecule has 7 nitrogen and oxygen atoms in total. The van der Waals surface area contributed by atoms with Gasteiger partial charge in [-0.05, 0) is 24.1 Å². The number of hydrogen-bond donors (Lipinski definition) is 2. The molecule has 0 aliphatic carbocycles. The molecule has 3 N–H and O–H groups in total. The molecule has 2 rings (SSSR count). The summed E-state index contributed by atoms with van der Waals surface area (Å²) >= 11 is 0. The van der Waals surface area contributed by atoms with Gasteiger partial charge in [0.05, 0.1) is 18.1 Å². The Morgan fingerprint density at radius 2 is 2.20 bits per heavy atom. The number of hydrazine groups is 1. The van der Waals surface area contributed by atoms with Crippen LogP contribution in [0, 0.1) is 10.1 Å². The first-order chi connectivity index (χ1) is 9.60. The van der Waals surface area contributed by atoms with Crippen LogP contribution in [0.4, 0.5) is 11.5 Å². The van der Waals surface area contributed by atoms with E-state index >= 15 is 0 Å². The molecule has 0 aliphatic heterocycles. The Bertz CT molecular complexity index is 658. The third kappa shape index (κ3) is 2.48. The van der Waals surface area contributed by atoms with Crippen molar-refractivity contribution in [1.29, 1.82) is 0 Å². The lowest BCUT2D eigenvalue weighted by Crippen LogP contribution is -2.11. The van der Waals surface area contributed by atoms with Gasteiger partial charge in [-0.15, -0.1) is 0 Å². The number of nitrogens with one attached hydrogen (secondary N) is 1. The highest BCUT2D eigenvalue weighted by Crippen LogP contribution is 2.32. The molecule has 0 saturated carbocycles. The van der Waals surface area contributed by atoms with Crippen LogP contribution in [0.3, 0.4) is 0 Å². The van der Waals surface area contributed by atoms with E-state index in [1.165, 1.54) is 13.2 Å². The fraction of sp³-hybridized carbons (Fsp3) is 0.308. The van der Waals surface area contributed by atoms with Gasteiger partial charge in [0.2, 0.25) is 0 Å². The van der Waals surface area contributed by atoms with Crippen LogP contribution in [0.15, 0.2) is 18.2 Å². The summed E-state index contributed by atoms with van der Waals surface area (Å²) < 4.78 is 5.10. The minimum Gasteiger partial charge on any atom is -0.496 e. The largest absolute Gasteiger partial charge is 0.496 e. The van der Waals surface area contributed by atoms with Crippen molar-refractivity contribution in [2.45, 2.75) is 19.8 Å². The van der Waals surface area contributed by atoms with Crippen molar-refractivity contribution < 1.29 is 9.66 Å². The highest BCUT2D eigenvalue weighted by atomic mass is 16.6. The quantitative estimate of drug-likeness (QED) is 0.493. The lowest BCUT2D eigenvalue weighted by Gasteiger charge is -2.10. The molecule has 2 aromatic rings. The Labute approximate surface area is 115 Å². The van der Waals surface area contributed by atoms with Crippen LogP contribution < -0.4 is 16.0 Å². The van der Waals surface area contributed by atoms with Crippen molar-refractivity contribution in [3.05, 3.63) is 33.9 Å². The van der Waals surface area contributed by atoms with Crippen LogP contribution >= 0.6 is 0 Å². The Kier molecular flexibility index (Phi) is 3.99. The van der Waals surface area contributed by atoms with Gasteiger partial charge in [-0.25, -0.2) is 10.8 Å². The molecule has 0 atom stereocenters. The van der Waals surface area contributed by atoms with Gasteiger partial charge in [0.25, 0.3) is 5.69 Å². The van der Waals surface area contributed by atoms with Crippen LogP contribution in [0.2, 0.25) is 0 Å². The highest BCUT2D eigenvalue weighted by molar-refractivity contribution is 5.90. The number of aryl methyl sites for hydroxylation is 1. The zero-order valence-electron chi connectivity index (χ0n) is 11.3. The van der Waals surface area contributed by atoms with Crippen molar-refractivity contribution in [3.8, 4) is 5.75 Å². The lowest BCUT2D eigenvalue weighted by atomic mass is 10.1. The monoisotopic (exact) mass is 276 g/mol. The van der Waals surface area contributed by atoms with Crippen molar-refractivity contribution >= 4 is 22.4 Å². The van der Waals surface area contributed by atoms with Gasteiger partial charge in [0, 0.05) is 5.39 Å². The molecule has 0 aliphatic rings. The number of ether oxygens (including phenoxy) is 1. The second kappa shape index (κ2) is 5.70. The number of pyridine rings is 1. The van der Waals surface area contributed by atoms with Gasteiger partial charge in [-0.2, -0.15) is 0 Å². The predicted octanol–water partition coefficient (Wildman–Crippen LogP) is 2.39. The van der Waals surface area contributed by atoms with Crippen LogP contribution in [0.1, 0.15) is 18.9 Å². The summed E-state index contributed by atoms with van der Waals surface area (Å²) in [5.41, 5.74) is 3.62. The number of fused-ring (bicyclic) bond motifs is 1. The van der Waals surface area contributed by atoms with Gasteiger partial charge in [-0.3, -0.25) is 10.1 Å². The molecule has 0 spiro atoms. The predicted molar refractivity (Wildman–Crippen MR) is 76.8 cm³/mol. The van der Waals surface area contributed by atoms with E-state index in [9.17, 15) is 10.1 Å². The Morgan fingerprint density at radius 1 is 1.45 bits per heavy atom. The molecule has 7 heteroatoms. The Balaban J connectivity index is 2.76. The van der Waals surface area contributed by atoms with E-state index in [1.807, 2.05) is 13.0 Å². The molecule has 0 bridgehead atoms. The number of nitrogens with zero attached hydrogens (tertiary/aromatic N) is 2. The number of rotatable bonds is 5. The van der Waals surface area contributed by atoms with Gasteiger partial charge in [0.15, 0.2) is 5.52 Å². The van der Waals surface area contributed by atoms with E-state index < -0.39 is 4.92 Å². The first-order valence-electron chi connectivity index (χ1n) is 6.23. The summed E-state index contributed by atoms with van der Waals surface area (Å²) in [5.74, 6) is 6.34. The van der Waals surface area contributed by atoms with Crippen LogP contribution in [-0.4, -0.2) is 17.0 Å². The first kappa shape index (κ1) is 14.0. The van der Waals surface area contributed by atoms with E-state index in [-0.39, 0.29) is 5.69 Å². The minimum atomic E-state index is -0.475. The van der Waals surface area contributed by atoms with Crippen LogP contribution in [0.25, 0.3) is 10.9 Å². The number of nitro benzene ring substituents is 1. The van der Waals surface area contributed by atoms with Crippen molar-refractivity contribution in [3.63, 3.8) is 0 Å². The number of anilines is 1. The second-order valence-corrected chi connectivity index (χ2v) is 4.37. The smallest absolute Gasteiger partial charge is 0.299 e. The van der Waals surface area contributed by atoms with E-state index in [4.69, 9.17) is 10.6 Å². The summed E-state index contributed by atoms with van der Waals surface area (Å²) in [6.07, 6.45) is 1.71. The molecule has 1 aromatic heterocycles. The topological polar surface area (TPSA) is 103 Å². The van der Waals surface area contributed by atoms with Crippen molar-refractivity contribution in [2.75, 3.05) is 12.5 Å². The van der Waals surface area contributed by atoms with Crippen molar-refractivity contribution in [1.82, 2.24) is 4.98 Å². The van der Waals surface area contributed by atoms with E-state index in [0.29, 0.717) is 22.5 Å². The highest BCUT2D eigenvalue weighted by Gasteiger charge is 2.18. The van der Waals surface area contributed by atoms with Crippen LogP contribution in [0.5, 0.6) is 5.75 Å². The number of nitro groups is 1. The second-order valence-electron chi connectivity index (χ2n) is 4.37. The van der Waals surface area contributed by atoms with E-state index in [1.54, 1.807) is 6.07 Å².